The van der Waals surface area contributed by atoms with Crippen molar-refractivity contribution in [3.8, 4) is 5.75 Å². The molecule has 0 unspecified atom stereocenters. The van der Waals surface area contributed by atoms with Crippen LogP contribution >= 0.6 is 0 Å². The van der Waals surface area contributed by atoms with Crippen molar-refractivity contribution in [1.82, 2.24) is 4.31 Å². The molecule has 0 aromatic heterocycles. The predicted molar refractivity (Wildman–Crippen MR) is 92.4 cm³/mol. The fraction of sp³-hybridized carbons (Fsp3) is 0.235. The smallest absolute Gasteiger partial charge is 0.246 e. The average molecular weight is 366 g/mol. The summed E-state index contributed by atoms with van der Waals surface area (Å²) in [4.78, 5) is 11.1. The number of halogens is 1. The van der Waals surface area contributed by atoms with E-state index in [1.54, 1.807) is 6.07 Å². The zero-order valence-corrected chi connectivity index (χ0v) is 14.9. The minimum absolute atomic E-state index is 0.111. The van der Waals surface area contributed by atoms with Gasteiger partial charge in [-0.05, 0) is 24.3 Å². The second kappa shape index (κ2) is 7.62. The minimum Gasteiger partial charge on any atom is -0.495 e. The molecule has 0 saturated heterocycles. The molecule has 0 atom stereocenters. The Morgan fingerprint density at radius 2 is 1.92 bits per heavy atom. The van der Waals surface area contributed by atoms with Crippen LogP contribution in [0.5, 0.6) is 5.75 Å². The van der Waals surface area contributed by atoms with Crippen molar-refractivity contribution in [2.75, 3.05) is 19.5 Å². The maximum atomic E-state index is 13.8. The van der Waals surface area contributed by atoms with E-state index in [1.807, 2.05) is 0 Å². The standard InChI is InChI=1S/C17H19FN2O4S/c1-12(21)19-14-8-9-16(24-3)17(10-14)25(22,23)20(2)11-13-6-4-5-7-15(13)18/h4-10H,11H2,1-3H3,(H,19,21). The minimum atomic E-state index is -3.96. The number of anilines is 1. The number of carbonyl (C=O) groups excluding carboxylic acids is 1. The quantitative estimate of drug-likeness (QED) is 0.853. The molecule has 1 amide bonds. The van der Waals surface area contributed by atoms with Gasteiger partial charge in [-0.25, -0.2) is 12.8 Å². The topological polar surface area (TPSA) is 75.7 Å². The highest BCUT2D eigenvalue weighted by molar-refractivity contribution is 7.89. The highest BCUT2D eigenvalue weighted by Gasteiger charge is 2.26. The molecular weight excluding hydrogens is 347 g/mol. The molecule has 0 aliphatic carbocycles. The van der Waals surface area contributed by atoms with E-state index in [0.29, 0.717) is 5.69 Å². The van der Waals surface area contributed by atoms with Crippen molar-refractivity contribution in [1.29, 1.82) is 0 Å². The summed E-state index contributed by atoms with van der Waals surface area (Å²) in [6, 6.07) is 10.3. The SMILES string of the molecule is COc1ccc(NC(C)=O)cc1S(=O)(=O)N(C)Cc1ccccc1F. The number of carbonyl (C=O) groups is 1. The van der Waals surface area contributed by atoms with Crippen LogP contribution in [-0.2, 0) is 21.4 Å². The molecule has 2 rings (SSSR count). The van der Waals surface area contributed by atoms with Gasteiger partial charge >= 0.3 is 0 Å². The molecule has 0 fully saturated rings. The molecule has 134 valence electrons. The summed E-state index contributed by atoms with van der Waals surface area (Å²) in [6.07, 6.45) is 0. The monoisotopic (exact) mass is 366 g/mol. The Labute approximate surface area is 146 Å². The van der Waals surface area contributed by atoms with Gasteiger partial charge in [0.2, 0.25) is 15.9 Å². The zero-order valence-electron chi connectivity index (χ0n) is 14.1. The Morgan fingerprint density at radius 3 is 2.52 bits per heavy atom. The Balaban J connectivity index is 2.40. The molecule has 2 aromatic rings. The molecular formula is C17H19FN2O4S. The number of ether oxygens (including phenoxy) is 1. The summed E-state index contributed by atoms with van der Waals surface area (Å²) in [7, 11) is -1.26. The van der Waals surface area contributed by atoms with Crippen molar-refractivity contribution in [3.05, 3.63) is 53.8 Å². The molecule has 0 heterocycles. The maximum Gasteiger partial charge on any atom is 0.246 e. The first-order valence-corrected chi connectivity index (χ1v) is 8.85. The van der Waals surface area contributed by atoms with Crippen molar-refractivity contribution in [2.24, 2.45) is 0 Å². The van der Waals surface area contributed by atoms with Gasteiger partial charge in [0.15, 0.2) is 0 Å². The van der Waals surface area contributed by atoms with E-state index in [9.17, 15) is 17.6 Å². The Kier molecular flexibility index (Phi) is 5.76. The molecule has 25 heavy (non-hydrogen) atoms. The fourth-order valence-electron chi connectivity index (χ4n) is 2.28. The number of rotatable bonds is 6. The van der Waals surface area contributed by atoms with Crippen LogP contribution in [0.1, 0.15) is 12.5 Å². The van der Waals surface area contributed by atoms with Crippen LogP contribution in [0.25, 0.3) is 0 Å². The number of sulfonamides is 1. The summed E-state index contributed by atoms with van der Waals surface area (Å²) in [5.41, 5.74) is 0.580. The van der Waals surface area contributed by atoms with Gasteiger partial charge in [-0.15, -0.1) is 0 Å². The second-order valence-corrected chi connectivity index (χ2v) is 7.41. The normalized spacial score (nSPS) is 11.4. The van der Waals surface area contributed by atoms with Gasteiger partial charge in [-0.1, -0.05) is 18.2 Å². The van der Waals surface area contributed by atoms with E-state index in [1.165, 1.54) is 57.5 Å². The lowest BCUT2D eigenvalue weighted by molar-refractivity contribution is -0.114. The predicted octanol–water partition coefficient (Wildman–Crippen LogP) is 2.61. The highest BCUT2D eigenvalue weighted by atomic mass is 32.2. The summed E-state index contributed by atoms with van der Waals surface area (Å²) in [6.45, 7) is 1.19. The zero-order chi connectivity index (χ0) is 18.6. The Morgan fingerprint density at radius 1 is 1.24 bits per heavy atom. The fourth-order valence-corrected chi connectivity index (χ4v) is 3.61. The van der Waals surface area contributed by atoms with E-state index in [2.05, 4.69) is 5.32 Å². The third-order valence-corrected chi connectivity index (χ3v) is 5.35. The molecule has 0 aliphatic heterocycles. The van der Waals surface area contributed by atoms with E-state index in [0.717, 1.165) is 4.31 Å². The van der Waals surface area contributed by atoms with E-state index in [4.69, 9.17) is 4.74 Å². The number of methoxy groups -OCH3 is 1. The van der Waals surface area contributed by atoms with Gasteiger partial charge in [0.25, 0.3) is 0 Å². The van der Waals surface area contributed by atoms with Crippen molar-refractivity contribution < 1.29 is 22.3 Å². The third-order valence-electron chi connectivity index (χ3n) is 3.52. The number of nitrogens with one attached hydrogen (secondary N) is 1. The molecule has 2 aromatic carbocycles. The lowest BCUT2D eigenvalue weighted by atomic mass is 10.2. The molecule has 0 saturated carbocycles. The third kappa shape index (κ3) is 4.34. The largest absolute Gasteiger partial charge is 0.495 e. The van der Waals surface area contributed by atoms with Gasteiger partial charge in [0.1, 0.15) is 16.5 Å². The summed E-state index contributed by atoms with van der Waals surface area (Å²) in [5.74, 6) is -0.675. The Bertz CT molecular complexity index is 884. The van der Waals surface area contributed by atoms with Crippen LogP contribution in [0.3, 0.4) is 0 Å². The molecule has 0 aliphatic rings. The van der Waals surface area contributed by atoms with Crippen LogP contribution < -0.4 is 10.1 Å². The molecule has 1 N–H and O–H groups in total. The molecule has 6 nitrogen and oxygen atoms in total. The first-order valence-electron chi connectivity index (χ1n) is 7.41. The van der Waals surface area contributed by atoms with Crippen LogP contribution in [0.4, 0.5) is 10.1 Å². The average Bonchev–Trinajstić information content (AvgIpc) is 2.56. The second-order valence-electron chi connectivity index (χ2n) is 5.40. The van der Waals surface area contributed by atoms with Gasteiger partial charge in [-0.3, -0.25) is 4.79 Å². The molecule has 0 radical (unpaired) electrons. The van der Waals surface area contributed by atoms with Gasteiger partial charge in [0, 0.05) is 31.8 Å². The molecule has 8 heteroatoms. The molecule has 0 spiro atoms. The number of hydrogen-bond acceptors (Lipinski definition) is 4. The number of nitrogens with zero attached hydrogens (tertiary/aromatic N) is 1. The van der Waals surface area contributed by atoms with Crippen molar-refractivity contribution in [3.63, 3.8) is 0 Å². The van der Waals surface area contributed by atoms with Crippen LogP contribution in [0.2, 0.25) is 0 Å². The van der Waals surface area contributed by atoms with Crippen LogP contribution in [-0.4, -0.2) is 32.8 Å². The first-order chi connectivity index (χ1) is 11.8. The van der Waals surface area contributed by atoms with E-state index in [-0.39, 0.29) is 28.7 Å². The molecule has 0 bridgehead atoms. The summed E-state index contributed by atoms with van der Waals surface area (Å²) >= 11 is 0. The van der Waals surface area contributed by atoms with E-state index >= 15 is 0 Å². The van der Waals surface area contributed by atoms with E-state index < -0.39 is 15.8 Å². The summed E-state index contributed by atoms with van der Waals surface area (Å²) < 4.78 is 45.7. The Hall–Kier alpha value is -2.45. The van der Waals surface area contributed by atoms with Crippen molar-refractivity contribution >= 4 is 21.6 Å². The summed E-state index contributed by atoms with van der Waals surface area (Å²) in [5, 5.41) is 2.53. The lowest BCUT2D eigenvalue weighted by Gasteiger charge is -2.20. The lowest BCUT2D eigenvalue weighted by Crippen LogP contribution is -2.27. The van der Waals surface area contributed by atoms with Crippen LogP contribution in [0, 0.1) is 5.82 Å². The number of hydrogen-bond donors (Lipinski definition) is 1. The highest BCUT2D eigenvalue weighted by Crippen LogP contribution is 2.30. The number of benzene rings is 2. The maximum absolute atomic E-state index is 13.8. The van der Waals surface area contributed by atoms with Gasteiger partial charge in [0.05, 0.1) is 7.11 Å². The van der Waals surface area contributed by atoms with Gasteiger partial charge in [-0.2, -0.15) is 4.31 Å². The van der Waals surface area contributed by atoms with Crippen LogP contribution in [0.15, 0.2) is 47.4 Å². The van der Waals surface area contributed by atoms with Crippen molar-refractivity contribution in [2.45, 2.75) is 18.4 Å². The number of amides is 1. The van der Waals surface area contributed by atoms with Gasteiger partial charge < -0.3 is 10.1 Å². The first kappa shape index (κ1) is 18.9.